The Bertz CT molecular complexity index is 1310. The lowest BCUT2D eigenvalue weighted by molar-refractivity contribution is -0.142. The number of rotatable bonds is 9. The fraction of sp³-hybridized carbons (Fsp3) is 0.409. The Balaban J connectivity index is 1.57. The first-order valence-electron chi connectivity index (χ1n) is 11.4. The molecule has 16 heteroatoms. The predicted molar refractivity (Wildman–Crippen MR) is 126 cm³/mol. The van der Waals surface area contributed by atoms with Crippen molar-refractivity contribution in [3.05, 3.63) is 42.5 Å². The standard InChI is InChI=1S/C22H24F3N9O4/c1-21(2,37)9-29-18(35)16-15(8-30-34(16)10-22(23,24)25)33-20(36)38-19-17(31-13-5-26-11-27-6-13)28-7-14(32-19)12-3-4-12/h5-8,11-12,37H,3-4,9-10H2,1-2H3,(H,28,31)(H,29,35)(H,33,36). The Hall–Kier alpha value is -4.34. The first kappa shape index (κ1) is 26.7. The number of alkyl halides is 3. The van der Waals surface area contributed by atoms with Gasteiger partial charge in [0.1, 0.15) is 18.6 Å². The van der Waals surface area contributed by atoms with Crippen molar-refractivity contribution < 1.29 is 32.6 Å². The number of nitrogens with one attached hydrogen (secondary N) is 3. The second-order valence-corrected chi connectivity index (χ2v) is 9.16. The molecule has 0 bridgehead atoms. The maximum absolute atomic E-state index is 13.1. The van der Waals surface area contributed by atoms with Crippen LogP contribution in [-0.4, -0.2) is 65.1 Å². The van der Waals surface area contributed by atoms with E-state index < -0.39 is 36.0 Å². The summed E-state index contributed by atoms with van der Waals surface area (Å²) in [6.45, 7) is 0.952. The van der Waals surface area contributed by atoms with Crippen molar-refractivity contribution >= 4 is 29.2 Å². The number of nitrogens with zero attached hydrogens (tertiary/aromatic N) is 6. The highest BCUT2D eigenvalue weighted by molar-refractivity contribution is 6.01. The van der Waals surface area contributed by atoms with Crippen LogP contribution >= 0.6 is 0 Å². The summed E-state index contributed by atoms with van der Waals surface area (Å²) in [5.41, 5.74) is -1.22. The second-order valence-electron chi connectivity index (χ2n) is 9.16. The summed E-state index contributed by atoms with van der Waals surface area (Å²) in [6, 6.07) is 0. The maximum atomic E-state index is 13.1. The summed E-state index contributed by atoms with van der Waals surface area (Å²) in [5, 5.41) is 20.9. The van der Waals surface area contributed by atoms with Crippen molar-refractivity contribution in [2.24, 2.45) is 0 Å². The zero-order valence-electron chi connectivity index (χ0n) is 20.3. The number of hydrogen-bond acceptors (Lipinski definition) is 10. The monoisotopic (exact) mass is 535 g/mol. The zero-order valence-corrected chi connectivity index (χ0v) is 20.3. The maximum Gasteiger partial charge on any atom is 0.418 e. The lowest BCUT2D eigenvalue weighted by atomic mass is 10.1. The summed E-state index contributed by atoms with van der Waals surface area (Å²) >= 11 is 0. The van der Waals surface area contributed by atoms with E-state index >= 15 is 0 Å². The average molecular weight is 535 g/mol. The molecule has 4 rings (SSSR count). The molecule has 0 spiro atoms. The number of aliphatic hydroxyl groups is 1. The van der Waals surface area contributed by atoms with E-state index in [-0.39, 0.29) is 29.8 Å². The fourth-order valence-electron chi connectivity index (χ4n) is 3.23. The highest BCUT2D eigenvalue weighted by atomic mass is 19.4. The van der Waals surface area contributed by atoms with E-state index in [1.54, 1.807) is 6.20 Å². The number of aromatic nitrogens is 6. The van der Waals surface area contributed by atoms with Crippen LogP contribution in [0.15, 0.2) is 31.1 Å². The molecule has 3 aromatic rings. The number of anilines is 3. The van der Waals surface area contributed by atoms with Gasteiger partial charge in [0.2, 0.25) is 0 Å². The molecule has 1 saturated carbocycles. The van der Waals surface area contributed by atoms with Crippen molar-refractivity contribution in [1.82, 2.24) is 35.0 Å². The van der Waals surface area contributed by atoms with Gasteiger partial charge in [0, 0.05) is 12.5 Å². The Morgan fingerprint density at radius 2 is 1.87 bits per heavy atom. The van der Waals surface area contributed by atoms with E-state index in [1.807, 2.05) is 0 Å². The van der Waals surface area contributed by atoms with Crippen LogP contribution in [0.4, 0.5) is 35.2 Å². The number of amides is 2. The molecule has 0 radical (unpaired) electrons. The van der Waals surface area contributed by atoms with E-state index in [1.165, 1.54) is 32.6 Å². The van der Waals surface area contributed by atoms with E-state index in [0.717, 1.165) is 19.0 Å². The Morgan fingerprint density at radius 3 is 2.50 bits per heavy atom. The summed E-state index contributed by atoms with van der Waals surface area (Å²) in [6.07, 6.45) is 2.63. The first-order chi connectivity index (χ1) is 17.9. The summed E-state index contributed by atoms with van der Waals surface area (Å²) in [5.74, 6) is -0.957. The second kappa shape index (κ2) is 10.6. The third-order valence-electron chi connectivity index (χ3n) is 5.07. The molecule has 0 atom stereocenters. The molecule has 1 fully saturated rings. The summed E-state index contributed by atoms with van der Waals surface area (Å²) in [4.78, 5) is 41.9. The van der Waals surface area contributed by atoms with Crippen LogP contribution in [0.5, 0.6) is 5.88 Å². The van der Waals surface area contributed by atoms with Crippen LogP contribution in [0.1, 0.15) is 48.8 Å². The van der Waals surface area contributed by atoms with Gasteiger partial charge >= 0.3 is 12.3 Å². The summed E-state index contributed by atoms with van der Waals surface area (Å²) in [7, 11) is 0. The van der Waals surface area contributed by atoms with E-state index in [9.17, 15) is 27.9 Å². The van der Waals surface area contributed by atoms with Gasteiger partial charge in [-0.2, -0.15) is 18.3 Å². The molecular formula is C22H24F3N9O4. The topological polar surface area (TPSA) is 169 Å². The number of ether oxygens (including phenoxy) is 1. The number of carbonyl (C=O) groups is 2. The number of halogens is 3. The van der Waals surface area contributed by atoms with Gasteiger partial charge in [-0.05, 0) is 26.7 Å². The molecule has 3 heterocycles. The van der Waals surface area contributed by atoms with Crippen LogP contribution in [-0.2, 0) is 6.54 Å². The molecule has 0 aliphatic heterocycles. The zero-order chi connectivity index (χ0) is 27.5. The first-order valence-corrected chi connectivity index (χ1v) is 11.4. The molecule has 0 unspecified atom stereocenters. The van der Waals surface area contributed by atoms with E-state index in [2.05, 4.69) is 41.0 Å². The Kier molecular flexibility index (Phi) is 7.43. The Labute approximate surface area is 213 Å². The minimum atomic E-state index is -4.70. The molecule has 38 heavy (non-hydrogen) atoms. The highest BCUT2D eigenvalue weighted by Crippen LogP contribution is 2.40. The molecule has 0 saturated heterocycles. The van der Waals surface area contributed by atoms with Gasteiger partial charge in [0.05, 0.1) is 47.5 Å². The lowest BCUT2D eigenvalue weighted by Crippen LogP contribution is -2.39. The van der Waals surface area contributed by atoms with Crippen LogP contribution in [0.3, 0.4) is 0 Å². The normalized spacial score (nSPS) is 13.6. The van der Waals surface area contributed by atoms with Gasteiger partial charge in [-0.1, -0.05) is 0 Å². The van der Waals surface area contributed by atoms with Crippen LogP contribution < -0.4 is 20.7 Å². The molecule has 202 valence electrons. The summed E-state index contributed by atoms with van der Waals surface area (Å²) < 4.78 is 45.0. The number of carbonyl (C=O) groups excluding carboxylic acids is 2. The molecule has 0 aromatic carbocycles. The van der Waals surface area contributed by atoms with Crippen molar-refractivity contribution in [3.8, 4) is 5.88 Å². The highest BCUT2D eigenvalue weighted by Gasteiger charge is 2.33. The fourth-order valence-corrected chi connectivity index (χ4v) is 3.23. The predicted octanol–water partition coefficient (Wildman–Crippen LogP) is 2.76. The molecule has 1 aliphatic rings. The third kappa shape index (κ3) is 7.34. The van der Waals surface area contributed by atoms with Crippen LogP contribution in [0.2, 0.25) is 0 Å². The quantitative estimate of drug-likeness (QED) is 0.320. The van der Waals surface area contributed by atoms with Gasteiger partial charge < -0.3 is 20.5 Å². The van der Waals surface area contributed by atoms with Gasteiger partial charge in [0.25, 0.3) is 11.8 Å². The molecule has 3 aromatic heterocycles. The average Bonchev–Trinajstić information content (AvgIpc) is 3.61. The molecular weight excluding hydrogens is 511 g/mol. The van der Waals surface area contributed by atoms with Gasteiger partial charge in [0.15, 0.2) is 5.82 Å². The molecule has 2 amide bonds. The molecule has 1 aliphatic carbocycles. The van der Waals surface area contributed by atoms with Gasteiger partial charge in [-0.25, -0.2) is 29.4 Å². The number of hydrogen-bond donors (Lipinski definition) is 4. The van der Waals surface area contributed by atoms with Gasteiger partial charge in [-0.3, -0.25) is 10.1 Å². The van der Waals surface area contributed by atoms with Crippen molar-refractivity contribution in [2.45, 2.75) is 50.9 Å². The van der Waals surface area contributed by atoms with Crippen LogP contribution in [0.25, 0.3) is 0 Å². The lowest BCUT2D eigenvalue weighted by Gasteiger charge is -2.18. The molecule has 4 N–H and O–H groups in total. The Morgan fingerprint density at radius 1 is 1.16 bits per heavy atom. The van der Waals surface area contributed by atoms with E-state index in [0.29, 0.717) is 16.1 Å². The van der Waals surface area contributed by atoms with Crippen molar-refractivity contribution in [3.63, 3.8) is 0 Å². The van der Waals surface area contributed by atoms with Crippen LogP contribution in [0, 0.1) is 0 Å². The minimum Gasteiger partial charge on any atom is -0.389 e. The van der Waals surface area contributed by atoms with Crippen molar-refractivity contribution in [1.29, 1.82) is 0 Å². The van der Waals surface area contributed by atoms with Gasteiger partial charge in [-0.15, -0.1) is 0 Å². The SMILES string of the molecule is CC(C)(O)CNC(=O)c1c(NC(=O)Oc2nc(C3CC3)cnc2Nc2cncnc2)cnn1CC(F)(F)F. The molecule has 13 nitrogen and oxygen atoms in total. The van der Waals surface area contributed by atoms with E-state index in [4.69, 9.17) is 4.74 Å². The largest absolute Gasteiger partial charge is 0.418 e. The van der Waals surface area contributed by atoms with Crippen molar-refractivity contribution in [2.75, 3.05) is 17.2 Å². The smallest absolute Gasteiger partial charge is 0.389 e. The minimum absolute atomic E-state index is 0.0651. The third-order valence-corrected chi connectivity index (χ3v) is 5.07.